The number of rotatable bonds is 4. The summed E-state index contributed by atoms with van der Waals surface area (Å²) < 4.78 is 0. The van der Waals surface area contributed by atoms with E-state index in [0.717, 1.165) is 12.8 Å². The van der Waals surface area contributed by atoms with Crippen molar-refractivity contribution in [2.45, 2.75) is 52.6 Å². The van der Waals surface area contributed by atoms with Gasteiger partial charge in [-0.2, -0.15) is 0 Å². The van der Waals surface area contributed by atoms with Crippen molar-refractivity contribution in [3.63, 3.8) is 0 Å². The van der Waals surface area contributed by atoms with Crippen LogP contribution < -0.4 is 5.32 Å². The summed E-state index contributed by atoms with van der Waals surface area (Å²) in [5, 5.41) is 12.0. The quantitative estimate of drug-likeness (QED) is 0.771. The van der Waals surface area contributed by atoms with Crippen LogP contribution in [0.1, 0.15) is 46.5 Å². The van der Waals surface area contributed by atoms with Crippen molar-refractivity contribution in [1.82, 2.24) is 5.32 Å². The first-order chi connectivity index (χ1) is 7.49. The highest BCUT2D eigenvalue weighted by molar-refractivity contribution is 5.78. The van der Waals surface area contributed by atoms with E-state index in [1.54, 1.807) is 6.92 Å². The van der Waals surface area contributed by atoms with E-state index in [1.807, 2.05) is 0 Å². The second kappa shape index (κ2) is 6.24. The van der Waals surface area contributed by atoms with Gasteiger partial charge in [0.05, 0.1) is 6.10 Å². The number of aliphatic hydroxyl groups is 1. The molecule has 0 aromatic rings. The largest absolute Gasteiger partial charge is 0.393 e. The molecule has 0 heterocycles. The predicted molar refractivity (Wildman–Crippen MR) is 65.0 cm³/mol. The molecule has 1 aliphatic carbocycles. The van der Waals surface area contributed by atoms with E-state index >= 15 is 0 Å². The molecule has 94 valence electrons. The van der Waals surface area contributed by atoms with Gasteiger partial charge in [-0.1, -0.05) is 13.8 Å². The average molecular weight is 227 g/mol. The van der Waals surface area contributed by atoms with Crippen molar-refractivity contribution < 1.29 is 9.90 Å². The minimum Gasteiger partial charge on any atom is -0.393 e. The first-order valence-electron chi connectivity index (χ1n) is 6.44. The molecule has 0 radical (unpaired) electrons. The zero-order valence-electron chi connectivity index (χ0n) is 10.7. The summed E-state index contributed by atoms with van der Waals surface area (Å²) in [6.07, 6.45) is 3.60. The lowest BCUT2D eigenvalue weighted by atomic mass is 9.76. The molecule has 3 unspecified atom stereocenters. The number of aliphatic hydroxyl groups excluding tert-OH is 1. The van der Waals surface area contributed by atoms with Gasteiger partial charge in [0.1, 0.15) is 0 Å². The lowest BCUT2D eigenvalue weighted by Crippen LogP contribution is -2.36. The number of hydrogen-bond acceptors (Lipinski definition) is 2. The first-order valence-corrected chi connectivity index (χ1v) is 6.44. The molecule has 1 rings (SSSR count). The summed E-state index contributed by atoms with van der Waals surface area (Å²) in [6.45, 7) is 6.80. The summed E-state index contributed by atoms with van der Waals surface area (Å²) in [7, 11) is 0. The summed E-state index contributed by atoms with van der Waals surface area (Å²) >= 11 is 0. The highest BCUT2D eigenvalue weighted by Gasteiger charge is 2.28. The third-order valence-corrected chi connectivity index (χ3v) is 3.41. The Labute approximate surface area is 98.6 Å². The molecule has 0 aromatic carbocycles. The van der Waals surface area contributed by atoms with Crippen LogP contribution in [0.5, 0.6) is 0 Å². The van der Waals surface area contributed by atoms with Crippen LogP contribution in [0.25, 0.3) is 0 Å². The van der Waals surface area contributed by atoms with E-state index in [4.69, 9.17) is 5.11 Å². The van der Waals surface area contributed by atoms with Crippen molar-refractivity contribution in [2.75, 3.05) is 6.54 Å². The van der Waals surface area contributed by atoms with E-state index in [0.29, 0.717) is 24.8 Å². The number of carbonyl (C=O) groups is 1. The van der Waals surface area contributed by atoms with Crippen LogP contribution in [-0.2, 0) is 4.79 Å². The van der Waals surface area contributed by atoms with Gasteiger partial charge in [-0.05, 0) is 44.4 Å². The van der Waals surface area contributed by atoms with Crippen LogP contribution in [0.3, 0.4) is 0 Å². The lowest BCUT2D eigenvalue weighted by Gasteiger charge is -2.30. The Balaban J connectivity index is 2.30. The minimum absolute atomic E-state index is 0.180. The van der Waals surface area contributed by atoms with Crippen molar-refractivity contribution in [3.05, 3.63) is 0 Å². The van der Waals surface area contributed by atoms with Crippen molar-refractivity contribution in [2.24, 2.45) is 17.8 Å². The molecule has 1 saturated carbocycles. The fourth-order valence-corrected chi connectivity index (χ4v) is 2.71. The molecule has 16 heavy (non-hydrogen) atoms. The Hall–Kier alpha value is -0.570. The van der Waals surface area contributed by atoms with Crippen LogP contribution in [-0.4, -0.2) is 23.7 Å². The molecular weight excluding hydrogens is 202 g/mol. The predicted octanol–water partition coefficient (Wildman–Crippen LogP) is 1.95. The lowest BCUT2D eigenvalue weighted by molar-refractivity contribution is -0.127. The van der Waals surface area contributed by atoms with Crippen molar-refractivity contribution >= 4 is 5.91 Å². The Bertz CT molecular complexity index is 218. The van der Waals surface area contributed by atoms with E-state index in [9.17, 15) is 4.79 Å². The standard InChI is InChI=1S/C13H25NO2/c1-9-6-10(2)8-12(7-9)13(16)14-5-4-11(3)15/h9-12,15H,4-8H2,1-3H3,(H,14,16). The highest BCUT2D eigenvalue weighted by Crippen LogP contribution is 2.32. The molecule has 3 heteroatoms. The number of hydrogen-bond donors (Lipinski definition) is 2. The first kappa shape index (κ1) is 13.5. The summed E-state index contributed by atoms with van der Waals surface area (Å²) in [5.41, 5.74) is 0. The summed E-state index contributed by atoms with van der Waals surface area (Å²) in [4.78, 5) is 11.9. The van der Waals surface area contributed by atoms with Crippen LogP contribution >= 0.6 is 0 Å². The van der Waals surface area contributed by atoms with Crippen LogP contribution in [0.4, 0.5) is 0 Å². The normalized spacial score (nSPS) is 32.1. The zero-order valence-corrected chi connectivity index (χ0v) is 10.7. The van der Waals surface area contributed by atoms with Crippen LogP contribution in [0, 0.1) is 17.8 Å². The molecule has 0 bridgehead atoms. The Morgan fingerprint density at radius 1 is 1.31 bits per heavy atom. The molecule has 3 atom stereocenters. The van der Waals surface area contributed by atoms with Crippen LogP contribution in [0.15, 0.2) is 0 Å². The minimum atomic E-state index is -0.329. The Morgan fingerprint density at radius 3 is 2.38 bits per heavy atom. The number of nitrogens with one attached hydrogen (secondary N) is 1. The van der Waals surface area contributed by atoms with Gasteiger partial charge in [-0.25, -0.2) is 0 Å². The molecule has 0 spiro atoms. The van der Waals surface area contributed by atoms with Gasteiger partial charge in [0, 0.05) is 12.5 Å². The molecular formula is C13H25NO2. The Kier molecular flexibility index (Phi) is 5.26. The molecule has 2 N–H and O–H groups in total. The smallest absolute Gasteiger partial charge is 0.223 e. The topological polar surface area (TPSA) is 49.3 Å². The average Bonchev–Trinajstić information content (AvgIpc) is 2.15. The van der Waals surface area contributed by atoms with Gasteiger partial charge in [-0.15, -0.1) is 0 Å². The van der Waals surface area contributed by atoms with Gasteiger partial charge >= 0.3 is 0 Å². The van der Waals surface area contributed by atoms with Gasteiger partial charge in [0.15, 0.2) is 0 Å². The van der Waals surface area contributed by atoms with Gasteiger partial charge in [0.2, 0.25) is 5.91 Å². The third kappa shape index (κ3) is 4.52. The molecule has 1 amide bonds. The molecule has 1 fully saturated rings. The molecule has 0 aromatic heterocycles. The van der Waals surface area contributed by atoms with Crippen LogP contribution in [0.2, 0.25) is 0 Å². The Morgan fingerprint density at radius 2 is 1.88 bits per heavy atom. The fourth-order valence-electron chi connectivity index (χ4n) is 2.71. The third-order valence-electron chi connectivity index (χ3n) is 3.41. The summed E-state index contributed by atoms with van der Waals surface area (Å²) in [6, 6.07) is 0. The second-order valence-corrected chi connectivity index (χ2v) is 5.54. The number of amides is 1. The van der Waals surface area contributed by atoms with Crippen molar-refractivity contribution in [3.8, 4) is 0 Å². The van der Waals surface area contributed by atoms with Crippen molar-refractivity contribution in [1.29, 1.82) is 0 Å². The molecule has 3 nitrogen and oxygen atoms in total. The van der Waals surface area contributed by atoms with E-state index in [2.05, 4.69) is 19.2 Å². The van der Waals surface area contributed by atoms with Gasteiger partial charge in [0.25, 0.3) is 0 Å². The molecule has 0 aliphatic heterocycles. The second-order valence-electron chi connectivity index (χ2n) is 5.54. The maximum absolute atomic E-state index is 11.9. The maximum Gasteiger partial charge on any atom is 0.223 e. The fraction of sp³-hybridized carbons (Fsp3) is 0.923. The SMILES string of the molecule is CC(O)CCNC(=O)C1CC(C)CC(C)C1. The highest BCUT2D eigenvalue weighted by atomic mass is 16.3. The van der Waals surface area contributed by atoms with E-state index in [-0.39, 0.29) is 17.9 Å². The van der Waals surface area contributed by atoms with E-state index < -0.39 is 0 Å². The number of carbonyl (C=O) groups excluding carboxylic acids is 1. The maximum atomic E-state index is 11.9. The summed E-state index contributed by atoms with van der Waals surface area (Å²) in [5.74, 6) is 1.69. The molecule has 0 saturated heterocycles. The van der Waals surface area contributed by atoms with Gasteiger partial charge < -0.3 is 10.4 Å². The zero-order chi connectivity index (χ0) is 12.1. The monoisotopic (exact) mass is 227 g/mol. The molecule has 1 aliphatic rings. The van der Waals surface area contributed by atoms with Gasteiger partial charge in [-0.3, -0.25) is 4.79 Å². The van der Waals surface area contributed by atoms with E-state index in [1.165, 1.54) is 6.42 Å².